The molecule has 0 bridgehead atoms. The molecule has 1 aromatic carbocycles. The van der Waals surface area contributed by atoms with Crippen LogP contribution in [0.25, 0.3) is 0 Å². The molecule has 0 aromatic heterocycles. The summed E-state index contributed by atoms with van der Waals surface area (Å²) in [5, 5.41) is 3.66. The maximum absolute atomic E-state index is 3.66. The second-order valence-electron chi connectivity index (χ2n) is 5.91. The van der Waals surface area contributed by atoms with E-state index in [1.165, 1.54) is 48.8 Å². The molecular weight excluding hydrogens is 218 g/mol. The highest BCUT2D eigenvalue weighted by Crippen LogP contribution is 2.31. The van der Waals surface area contributed by atoms with Crippen molar-refractivity contribution in [1.29, 1.82) is 0 Å². The highest BCUT2D eigenvalue weighted by Gasteiger charge is 2.21. The van der Waals surface area contributed by atoms with Gasteiger partial charge in [-0.15, -0.1) is 0 Å². The number of rotatable bonds is 6. The van der Waals surface area contributed by atoms with Crippen LogP contribution in [0.1, 0.15) is 49.3 Å². The Labute approximate surface area is 112 Å². The first-order chi connectivity index (χ1) is 8.69. The predicted octanol–water partition coefficient (Wildman–Crippen LogP) is 4.01. The van der Waals surface area contributed by atoms with Crippen molar-refractivity contribution < 1.29 is 0 Å². The highest BCUT2D eigenvalue weighted by molar-refractivity contribution is 5.30. The van der Waals surface area contributed by atoms with E-state index in [-0.39, 0.29) is 0 Å². The fourth-order valence-corrected chi connectivity index (χ4v) is 2.87. The van der Waals surface area contributed by atoms with Gasteiger partial charge in [-0.25, -0.2) is 0 Å². The van der Waals surface area contributed by atoms with Gasteiger partial charge in [-0.3, -0.25) is 0 Å². The van der Waals surface area contributed by atoms with Crippen molar-refractivity contribution in [3.8, 4) is 0 Å². The molecule has 1 atom stereocenters. The Bertz CT molecular complexity index is 379. The predicted molar refractivity (Wildman–Crippen MR) is 79.0 cm³/mol. The van der Waals surface area contributed by atoms with Crippen LogP contribution in [-0.2, 0) is 6.42 Å². The van der Waals surface area contributed by atoms with E-state index < -0.39 is 0 Å². The first kappa shape index (κ1) is 13.6. The van der Waals surface area contributed by atoms with Gasteiger partial charge in [0.2, 0.25) is 0 Å². The summed E-state index contributed by atoms with van der Waals surface area (Å²) < 4.78 is 0. The topological polar surface area (TPSA) is 12.0 Å². The van der Waals surface area contributed by atoms with Crippen molar-refractivity contribution in [3.05, 3.63) is 34.9 Å². The SMILES string of the molecule is CCNC(Cc1ccc(C)c(C)c1)CC1CCC1. The summed E-state index contributed by atoms with van der Waals surface area (Å²) in [4.78, 5) is 0. The van der Waals surface area contributed by atoms with Gasteiger partial charge in [0.25, 0.3) is 0 Å². The van der Waals surface area contributed by atoms with Crippen LogP contribution in [0, 0.1) is 19.8 Å². The molecule has 1 aliphatic rings. The average molecular weight is 245 g/mol. The first-order valence-electron chi connectivity index (χ1n) is 7.48. The lowest BCUT2D eigenvalue weighted by Gasteiger charge is -2.30. The smallest absolute Gasteiger partial charge is 0.0110 e. The Balaban J connectivity index is 1.95. The molecule has 100 valence electrons. The lowest BCUT2D eigenvalue weighted by Crippen LogP contribution is -2.34. The highest BCUT2D eigenvalue weighted by atomic mass is 14.9. The van der Waals surface area contributed by atoms with Crippen molar-refractivity contribution in [1.82, 2.24) is 5.32 Å². The molecule has 0 amide bonds. The van der Waals surface area contributed by atoms with E-state index in [2.05, 4.69) is 44.3 Å². The molecule has 1 fully saturated rings. The van der Waals surface area contributed by atoms with Gasteiger partial charge in [0.15, 0.2) is 0 Å². The van der Waals surface area contributed by atoms with Crippen LogP contribution >= 0.6 is 0 Å². The molecule has 0 saturated heterocycles. The Morgan fingerprint density at radius 1 is 1.22 bits per heavy atom. The fourth-order valence-electron chi connectivity index (χ4n) is 2.87. The number of likely N-dealkylation sites (N-methyl/N-ethyl adjacent to an activating group) is 1. The Kier molecular flexibility index (Phi) is 4.82. The summed E-state index contributed by atoms with van der Waals surface area (Å²) in [7, 11) is 0. The van der Waals surface area contributed by atoms with Gasteiger partial charge in [-0.2, -0.15) is 0 Å². The van der Waals surface area contributed by atoms with Crippen molar-refractivity contribution >= 4 is 0 Å². The summed E-state index contributed by atoms with van der Waals surface area (Å²) >= 11 is 0. The number of nitrogens with one attached hydrogen (secondary N) is 1. The summed E-state index contributed by atoms with van der Waals surface area (Å²) in [5.41, 5.74) is 4.31. The molecule has 1 N–H and O–H groups in total. The molecule has 1 saturated carbocycles. The lowest BCUT2D eigenvalue weighted by atomic mass is 9.80. The maximum Gasteiger partial charge on any atom is 0.0110 e. The molecule has 1 unspecified atom stereocenters. The van der Waals surface area contributed by atoms with E-state index in [0.29, 0.717) is 6.04 Å². The second kappa shape index (κ2) is 6.38. The number of benzene rings is 1. The number of hydrogen-bond acceptors (Lipinski definition) is 1. The molecule has 0 aliphatic heterocycles. The van der Waals surface area contributed by atoms with E-state index in [1.807, 2.05) is 0 Å². The monoisotopic (exact) mass is 245 g/mol. The minimum Gasteiger partial charge on any atom is -0.314 e. The van der Waals surface area contributed by atoms with Crippen LogP contribution in [0.3, 0.4) is 0 Å². The molecule has 0 spiro atoms. The normalized spacial score (nSPS) is 17.5. The Morgan fingerprint density at radius 3 is 2.56 bits per heavy atom. The fraction of sp³-hybridized carbons (Fsp3) is 0.647. The Hall–Kier alpha value is -0.820. The van der Waals surface area contributed by atoms with Gasteiger partial charge in [-0.1, -0.05) is 44.4 Å². The van der Waals surface area contributed by atoms with Crippen LogP contribution in [0.4, 0.5) is 0 Å². The molecule has 0 radical (unpaired) electrons. The summed E-state index contributed by atoms with van der Waals surface area (Å²) in [6, 6.07) is 7.59. The van der Waals surface area contributed by atoms with Gasteiger partial charge >= 0.3 is 0 Å². The molecule has 2 rings (SSSR count). The van der Waals surface area contributed by atoms with E-state index in [9.17, 15) is 0 Å². The van der Waals surface area contributed by atoms with Gasteiger partial charge in [-0.05, 0) is 55.8 Å². The van der Waals surface area contributed by atoms with E-state index >= 15 is 0 Å². The summed E-state index contributed by atoms with van der Waals surface area (Å²) in [6.45, 7) is 7.71. The number of hydrogen-bond donors (Lipinski definition) is 1. The van der Waals surface area contributed by atoms with Gasteiger partial charge in [0.05, 0.1) is 0 Å². The second-order valence-corrected chi connectivity index (χ2v) is 5.91. The molecule has 1 aliphatic carbocycles. The van der Waals surface area contributed by atoms with Crippen molar-refractivity contribution in [2.24, 2.45) is 5.92 Å². The molecule has 1 heteroatoms. The summed E-state index contributed by atoms with van der Waals surface area (Å²) in [5.74, 6) is 0.987. The van der Waals surface area contributed by atoms with Gasteiger partial charge in [0, 0.05) is 6.04 Å². The molecule has 0 heterocycles. The zero-order chi connectivity index (χ0) is 13.0. The third-order valence-corrected chi connectivity index (χ3v) is 4.39. The van der Waals surface area contributed by atoms with Crippen molar-refractivity contribution in [2.75, 3.05) is 6.54 Å². The summed E-state index contributed by atoms with van der Waals surface area (Å²) in [6.07, 6.45) is 6.91. The Morgan fingerprint density at radius 2 is 2.00 bits per heavy atom. The lowest BCUT2D eigenvalue weighted by molar-refractivity contribution is 0.260. The number of aryl methyl sites for hydroxylation is 2. The van der Waals surface area contributed by atoms with Crippen LogP contribution in [0.15, 0.2) is 18.2 Å². The molecule has 1 aromatic rings. The molecule has 1 nitrogen and oxygen atoms in total. The van der Waals surface area contributed by atoms with Gasteiger partial charge < -0.3 is 5.32 Å². The molecular formula is C17H27N. The minimum atomic E-state index is 0.669. The standard InChI is InChI=1S/C17H27N/c1-4-18-17(11-15-6-5-7-15)12-16-9-8-13(2)14(3)10-16/h8-10,15,17-18H,4-7,11-12H2,1-3H3. The zero-order valence-electron chi connectivity index (χ0n) is 12.1. The van der Waals surface area contributed by atoms with Crippen LogP contribution in [0.2, 0.25) is 0 Å². The van der Waals surface area contributed by atoms with Crippen LogP contribution in [0.5, 0.6) is 0 Å². The van der Waals surface area contributed by atoms with E-state index in [0.717, 1.165) is 12.5 Å². The van der Waals surface area contributed by atoms with Crippen LogP contribution in [-0.4, -0.2) is 12.6 Å². The zero-order valence-corrected chi connectivity index (χ0v) is 12.1. The quantitative estimate of drug-likeness (QED) is 0.798. The largest absolute Gasteiger partial charge is 0.314 e. The van der Waals surface area contributed by atoms with Crippen molar-refractivity contribution in [2.45, 2.75) is 58.9 Å². The minimum absolute atomic E-state index is 0.669. The van der Waals surface area contributed by atoms with E-state index in [1.54, 1.807) is 0 Å². The van der Waals surface area contributed by atoms with Crippen LogP contribution < -0.4 is 5.32 Å². The third-order valence-electron chi connectivity index (χ3n) is 4.39. The third kappa shape index (κ3) is 3.58. The van der Waals surface area contributed by atoms with Crippen molar-refractivity contribution in [3.63, 3.8) is 0 Å². The first-order valence-corrected chi connectivity index (χ1v) is 7.48. The average Bonchev–Trinajstić information content (AvgIpc) is 2.29. The van der Waals surface area contributed by atoms with E-state index in [4.69, 9.17) is 0 Å². The molecule has 18 heavy (non-hydrogen) atoms. The maximum atomic E-state index is 3.66. The van der Waals surface area contributed by atoms with Gasteiger partial charge in [0.1, 0.15) is 0 Å².